The number of carbonyl (C=O) groups excluding carboxylic acids is 1. The standard InChI is InChI=1S/C23H26N4O2S/c1-4-27-21(18-9-11-20(29-3)12-10-18)24-25-23(27)30-16(2)22(28)26-14-13-17-7-5-6-8-19(17)15-26/h5-12,16H,4,13-15H2,1-3H3/t16-/m0/s1. The molecule has 1 aliphatic heterocycles. The van der Waals surface area contributed by atoms with Crippen LogP contribution in [0.4, 0.5) is 0 Å². The number of benzene rings is 2. The summed E-state index contributed by atoms with van der Waals surface area (Å²) >= 11 is 1.47. The van der Waals surface area contributed by atoms with Gasteiger partial charge in [0, 0.05) is 25.2 Å². The molecule has 3 aromatic rings. The molecular weight excluding hydrogens is 396 g/mol. The third kappa shape index (κ3) is 4.07. The predicted molar refractivity (Wildman–Crippen MR) is 119 cm³/mol. The number of ether oxygens (including phenoxy) is 1. The van der Waals surface area contributed by atoms with Gasteiger partial charge in [0.25, 0.3) is 0 Å². The molecule has 30 heavy (non-hydrogen) atoms. The average Bonchev–Trinajstić information content (AvgIpc) is 3.20. The normalized spacial score (nSPS) is 14.3. The lowest BCUT2D eigenvalue weighted by Gasteiger charge is -2.30. The van der Waals surface area contributed by atoms with Crippen LogP contribution in [0.3, 0.4) is 0 Å². The van der Waals surface area contributed by atoms with Crippen LogP contribution in [-0.2, 0) is 24.3 Å². The molecule has 0 saturated heterocycles. The van der Waals surface area contributed by atoms with Crippen molar-refractivity contribution in [3.05, 3.63) is 59.7 Å². The zero-order valence-corrected chi connectivity index (χ0v) is 18.4. The molecule has 2 heterocycles. The van der Waals surface area contributed by atoms with Crippen LogP contribution < -0.4 is 4.74 Å². The molecule has 0 saturated carbocycles. The van der Waals surface area contributed by atoms with Gasteiger partial charge in [-0.2, -0.15) is 0 Å². The molecule has 0 radical (unpaired) electrons. The zero-order chi connectivity index (χ0) is 21.1. The van der Waals surface area contributed by atoms with Crippen molar-refractivity contribution in [1.82, 2.24) is 19.7 Å². The molecule has 156 valence electrons. The van der Waals surface area contributed by atoms with Crippen molar-refractivity contribution in [1.29, 1.82) is 0 Å². The molecule has 0 unspecified atom stereocenters. The van der Waals surface area contributed by atoms with Gasteiger partial charge < -0.3 is 14.2 Å². The molecule has 6 nitrogen and oxygen atoms in total. The summed E-state index contributed by atoms with van der Waals surface area (Å²) in [5.74, 6) is 1.75. The highest BCUT2D eigenvalue weighted by molar-refractivity contribution is 8.00. The zero-order valence-electron chi connectivity index (χ0n) is 17.5. The van der Waals surface area contributed by atoms with Crippen molar-refractivity contribution >= 4 is 17.7 Å². The van der Waals surface area contributed by atoms with E-state index in [9.17, 15) is 4.79 Å². The van der Waals surface area contributed by atoms with E-state index < -0.39 is 0 Å². The number of amides is 1. The van der Waals surface area contributed by atoms with Gasteiger partial charge in [0.15, 0.2) is 11.0 Å². The van der Waals surface area contributed by atoms with Crippen molar-refractivity contribution in [2.45, 2.75) is 43.8 Å². The maximum Gasteiger partial charge on any atom is 0.236 e. The van der Waals surface area contributed by atoms with E-state index in [1.54, 1.807) is 7.11 Å². The molecule has 1 amide bonds. The van der Waals surface area contributed by atoms with Gasteiger partial charge in [-0.1, -0.05) is 36.0 Å². The lowest BCUT2D eigenvalue weighted by atomic mass is 10.00. The number of fused-ring (bicyclic) bond motifs is 1. The van der Waals surface area contributed by atoms with E-state index in [0.29, 0.717) is 6.54 Å². The van der Waals surface area contributed by atoms with Crippen LogP contribution in [0, 0.1) is 0 Å². The van der Waals surface area contributed by atoms with Crippen molar-refractivity contribution in [3.8, 4) is 17.1 Å². The Balaban J connectivity index is 1.48. The Kier molecular flexibility index (Phi) is 6.08. The fourth-order valence-electron chi connectivity index (χ4n) is 3.76. The maximum atomic E-state index is 13.1. The van der Waals surface area contributed by atoms with Crippen LogP contribution in [0.1, 0.15) is 25.0 Å². The fourth-order valence-corrected chi connectivity index (χ4v) is 4.76. The first-order valence-corrected chi connectivity index (χ1v) is 11.1. The molecule has 4 rings (SSSR count). The number of methoxy groups -OCH3 is 1. The van der Waals surface area contributed by atoms with Gasteiger partial charge in [0.05, 0.1) is 12.4 Å². The third-order valence-electron chi connectivity index (χ3n) is 5.45. The minimum Gasteiger partial charge on any atom is -0.497 e. The molecule has 1 aliphatic rings. The summed E-state index contributed by atoms with van der Waals surface area (Å²) in [6.45, 7) is 6.19. The number of thioether (sulfide) groups is 1. The molecule has 0 bridgehead atoms. The number of hydrogen-bond donors (Lipinski definition) is 0. The second kappa shape index (κ2) is 8.92. The number of rotatable bonds is 6. The predicted octanol–water partition coefficient (Wildman–Crippen LogP) is 4.04. The highest BCUT2D eigenvalue weighted by Gasteiger charge is 2.27. The van der Waals surface area contributed by atoms with Crippen LogP contribution in [0.2, 0.25) is 0 Å². The Morgan fingerprint density at radius 3 is 2.57 bits per heavy atom. The lowest BCUT2D eigenvalue weighted by molar-refractivity contribution is -0.131. The van der Waals surface area contributed by atoms with Crippen LogP contribution in [0.5, 0.6) is 5.75 Å². The molecule has 0 spiro atoms. The highest BCUT2D eigenvalue weighted by atomic mass is 32.2. The third-order valence-corrected chi connectivity index (χ3v) is 6.52. The highest BCUT2D eigenvalue weighted by Crippen LogP contribution is 2.29. The summed E-state index contributed by atoms with van der Waals surface area (Å²) in [6, 6.07) is 16.1. The Labute approximate surface area is 181 Å². The largest absolute Gasteiger partial charge is 0.497 e. The summed E-state index contributed by atoms with van der Waals surface area (Å²) in [7, 11) is 1.65. The number of aromatic nitrogens is 3. The van der Waals surface area contributed by atoms with Crippen LogP contribution in [0.15, 0.2) is 53.7 Å². The summed E-state index contributed by atoms with van der Waals surface area (Å²) in [4.78, 5) is 15.0. The first-order chi connectivity index (χ1) is 14.6. The average molecular weight is 423 g/mol. The molecule has 0 aliphatic carbocycles. The number of carbonyl (C=O) groups is 1. The van der Waals surface area contributed by atoms with Crippen LogP contribution >= 0.6 is 11.8 Å². The topological polar surface area (TPSA) is 60.2 Å². The molecule has 0 fully saturated rings. The minimum absolute atomic E-state index is 0.145. The Bertz CT molecular complexity index is 1030. The SMILES string of the molecule is CCn1c(S[C@@H](C)C(=O)N2CCc3ccccc3C2)nnc1-c1ccc(OC)cc1. The van der Waals surface area contributed by atoms with E-state index in [0.717, 1.165) is 41.8 Å². The van der Waals surface area contributed by atoms with Crippen molar-refractivity contribution < 1.29 is 9.53 Å². The van der Waals surface area contributed by atoms with E-state index in [2.05, 4.69) is 39.9 Å². The van der Waals surface area contributed by atoms with E-state index in [1.807, 2.05) is 42.2 Å². The number of nitrogens with zero attached hydrogens (tertiary/aromatic N) is 4. The summed E-state index contributed by atoms with van der Waals surface area (Å²) in [5, 5.41) is 9.31. The van der Waals surface area contributed by atoms with E-state index in [-0.39, 0.29) is 11.2 Å². The molecule has 0 N–H and O–H groups in total. The van der Waals surface area contributed by atoms with Gasteiger partial charge in [0.1, 0.15) is 5.75 Å². The van der Waals surface area contributed by atoms with Gasteiger partial charge in [-0.05, 0) is 55.7 Å². The van der Waals surface area contributed by atoms with Gasteiger partial charge in [-0.3, -0.25) is 4.79 Å². The molecule has 2 aromatic carbocycles. The Morgan fingerprint density at radius 1 is 1.13 bits per heavy atom. The second-order valence-corrected chi connectivity index (χ2v) is 8.63. The maximum absolute atomic E-state index is 13.1. The van der Waals surface area contributed by atoms with Gasteiger partial charge in [-0.15, -0.1) is 10.2 Å². The van der Waals surface area contributed by atoms with Crippen molar-refractivity contribution in [2.75, 3.05) is 13.7 Å². The van der Waals surface area contributed by atoms with Crippen molar-refractivity contribution in [2.24, 2.45) is 0 Å². The molecule has 1 aromatic heterocycles. The first-order valence-electron chi connectivity index (χ1n) is 10.2. The molecule has 1 atom stereocenters. The first kappa shape index (κ1) is 20.5. The summed E-state index contributed by atoms with van der Waals surface area (Å²) < 4.78 is 7.29. The summed E-state index contributed by atoms with van der Waals surface area (Å²) in [5.41, 5.74) is 3.56. The van der Waals surface area contributed by atoms with E-state index in [4.69, 9.17) is 4.74 Å². The second-order valence-electron chi connectivity index (χ2n) is 7.32. The quantitative estimate of drug-likeness (QED) is 0.561. The minimum atomic E-state index is -0.228. The number of hydrogen-bond acceptors (Lipinski definition) is 5. The fraction of sp³-hybridized carbons (Fsp3) is 0.348. The van der Waals surface area contributed by atoms with E-state index in [1.165, 1.54) is 22.9 Å². The smallest absolute Gasteiger partial charge is 0.236 e. The van der Waals surface area contributed by atoms with Gasteiger partial charge in [0.2, 0.25) is 5.91 Å². The van der Waals surface area contributed by atoms with Gasteiger partial charge >= 0.3 is 0 Å². The van der Waals surface area contributed by atoms with E-state index >= 15 is 0 Å². The summed E-state index contributed by atoms with van der Waals surface area (Å²) in [6.07, 6.45) is 0.909. The van der Waals surface area contributed by atoms with Crippen LogP contribution in [-0.4, -0.2) is 44.5 Å². The Hall–Kier alpha value is -2.80. The molecular formula is C23H26N4O2S. The van der Waals surface area contributed by atoms with Gasteiger partial charge in [-0.25, -0.2) is 0 Å². The van der Waals surface area contributed by atoms with Crippen LogP contribution in [0.25, 0.3) is 11.4 Å². The monoisotopic (exact) mass is 422 g/mol. The van der Waals surface area contributed by atoms with Crippen molar-refractivity contribution in [3.63, 3.8) is 0 Å². The Morgan fingerprint density at radius 2 is 1.87 bits per heavy atom. The lowest BCUT2D eigenvalue weighted by Crippen LogP contribution is -2.40. The molecule has 7 heteroatoms.